The van der Waals surface area contributed by atoms with Crippen LogP contribution in [0.2, 0.25) is 5.02 Å². The number of rotatable bonds is 14. The molecule has 2 aliphatic heterocycles. The highest BCUT2D eigenvalue weighted by atomic mass is 35.5. The molecule has 3 aliphatic rings. The van der Waals surface area contributed by atoms with Crippen LogP contribution in [0.25, 0.3) is 16.0 Å². The first kappa shape index (κ1) is 40.1. The van der Waals surface area contributed by atoms with Crippen LogP contribution >= 0.6 is 11.6 Å². The van der Waals surface area contributed by atoms with Crippen LogP contribution in [-0.4, -0.2) is 55.3 Å². The Bertz CT molecular complexity index is 2140. The quantitative estimate of drug-likeness (QED) is 0.0971. The number of hydrogen-bond acceptors (Lipinski definition) is 7. The van der Waals surface area contributed by atoms with Gasteiger partial charge in [0.15, 0.2) is 5.69 Å². The van der Waals surface area contributed by atoms with Gasteiger partial charge in [-0.15, -0.1) is 0 Å². The lowest BCUT2D eigenvalue weighted by molar-refractivity contribution is -0.122. The van der Waals surface area contributed by atoms with Crippen molar-refractivity contribution in [3.8, 4) is 34.4 Å². The van der Waals surface area contributed by atoms with Crippen LogP contribution in [0.4, 0.5) is 10.1 Å². The Morgan fingerprint density at radius 2 is 1.88 bits per heavy atom. The zero-order valence-electron chi connectivity index (χ0n) is 32.6. The number of fused-ring (bicyclic) bond motifs is 1. The molecule has 0 aromatic heterocycles. The normalized spacial score (nSPS) is 20.6. The summed E-state index contributed by atoms with van der Waals surface area (Å²) in [7, 11) is 0. The van der Waals surface area contributed by atoms with E-state index in [9.17, 15) is 14.4 Å². The van der Waals surface area contributed by atoms with Crippen molar-refractivity contribution in [2.24, 2.45) is 0 Å². The van der Waals surface area contributed by atoms with Gasteiger partial charge in [-0.3, -0.25) is 4.79 Å². The molecule has 4 atom stereocenters. The first-order valence-electron chi connectivity index (χ1n) is 19.9. The van der Waals surface area contributed by atoms with Gasteiger partial charge in [-0.2, -0.15) is 5.26 Å². The average Bonchev–Trinajstić information content (AvgIpc) is 3.63. The number of alkyl halides is 1. The number of benzene rings is 4. The number of nitrogens with one attached hydrogen (secondary N) is 2. The fourth-order valence-corrected chi connectivity index (χ4v) is 8.53. The molecule has 1 aliphatic carbocycles. The van der Waals surface area contributed by atoms with Gasteiger partial charge in [-0.05, 0) is 116 Å². The Hall–Kier alpha value is -5.13. The first-order chi connectivity index (χ1) is 27.7. The monoisotopic (exact) mass is 789 g/mol. The van der Waals surface area contributed by atoms with Gasteiger partial charge < -0.3 is 29.7 Å². The third-order valence-electron chi connectivity index (χ3n) is 11.4. The Labute approximate surface area is 339 Å². The van der Waals surface area contributed by atoms with E-state index >= 15 is 0 Å². The smallest absolute Gasteiger partial charge is 0.220 e. The zero-order chi connectivity index (χ0) is 39.9. The van der Waals surface area contributed by atoms with Crippen LogP contribution in [0.1, 0.15) is 84.9 Å². The van der Waals surface area contributed by atoms with E-state index in [1.807, 2.05) is 18.2 Å². The third-order valence-corrected chi connectivity index (χ3v) is 11.7. The SMILES string of the molecule is [C-]#[N+]c1cc(C#N)cc(COc2cc(O[C@H]3CCc4c(-c5cccc(OCCCN6CC[C@@H](F)C[C@@H]6C)c5C)cccc43)c(Cl)cc2CN[C@H]2CCC(=O)NC2)c1. The van der Waals surface area contributed by atoms with E-state index in [0.29, 0.717) is 72.3 Å². The lowest BCUT2D eigenvalue weighted by atomic mass is 9.93. The Kier molecular flexibility index (Phi) is 13.0. The number of carbonyl (C=O) groups excluding carboxylic acids is 1. The second-order valence-electron chi connectivity index (χ2n) is 15.4. The van der Waals surface area contributed by atoms with Crippen LogP contribution in [0, 0.1) is 24.8 Å². The Morgan fingerprint density at radius 3 is 2.67 bits per heavy atom. The number of carbonyl (C=O) groups is 1. The minimum absolute atomic E-state index is 0.0581. The molecular weight excluding hydrogens is 741 g/mol. The molecule has 2 heterocycles. The van der Waals surface area contributed by atoms with Crippen LogP contribution in [0.3, 0.4) is 0 Å². The highest BCUT2D eigenvalue weighted by Gasteiger charge is 2.29. The topological polar surface area (TPSA) is 100 Å². The lowest BCUT2D eigenvalue weighted by Gasteiger charge is -2.34. The Balaban J connectivity index is 1.07. The third kappa shape index (κ3) is 9.71. The second kappa shape index (κ2) is 18.4. The minimum Gasteiger partial charge on any atom is -0.493 e. The van der Waals surface area contributed by atoms with Crippen molar-refractivity contribution >= 4 is 23.2 Å². The highest BCUT2D eigenvalue weighted by Crippen LogP contribution is 2.44. The maximum absolute atomic E-state index is 13.8. The summed E-state index contributed by atoms with van der Waals surface area (Å²) < 4.78 is 33.2. The Morgan fingerprint density at radius 1 is 1.04 bits per heavy atom. The lowest BCUT2D eigenvalue weighted by Crippen LogP contribution is -2.45. The molecule has 1 amide bonds. The van der Waals surface area contributed by atoms with Crippen LogP contribution in [0.5, 0.6) is 17.2 Å². The number of nitriles is 1. The average molecular weight is 790 g/mol. The summed E-state index contributed by atoms with van der Waals surface area (Å²) in [5.74, 6) is 2.01. The molecule has 0 radical (unpaired) electrons. The maximum Gasteiger partial charge on any atom is 0.220 e. The van der Waals surface area contributed by atoms with E-state index in [0.717, 1.165) is 66.8 Å². The number of halogens is 2. The molecule has 2 fully saturated rings. The summed E-state index contributed by atoms with van der Waals surface area (Å²) in [5.41, 5.74) is 8.06. The van der Waals surface area contributed by atoms with Gasteiger partial charge in [0.2, 0.25) is 5.91 Å². The minimum atomic E-state index is -0.683. The standard InChI is InChI=1S/C46H49ClFN5O4/c1-29-19-34(48)15-17-53(29)16-6-18-55-42-10-5-7-37(30(42)2)38-8-4-9-40-39(38)12-13-43(40)57-45-24-44(56-28-32-20-31(25-49)21-36(22-32)50-3)33(23-41(45)47)26-51-35-11-14-46(54)52-27-35/h4-5,7-10,20-24,29,34-35,43,51H,6,11-19,26-28H2,1-2H3,(H,52,54)/t29-,34+,35-,43-/m0/s1. The molecule has 2 saturated heterocycles. The molecule has 4 aromatic rings. The maximum atomic E-state index is 13.8. The van der Waals surface area contributed by atoms with E-state index in [4.69, 9.17) is 32.4 Å². The molecule has 0 saturated carbocycles. The highest BCUT2D eigenvalue weighted by molar-refractivity contribution is 6.32. The summed E-state index contributed by atoms with van der Waals surface area (Å²) in [4.78, 5) is 17.6. The summed E-state index contributed by atoms with van der Waals surface area (Å²) >= 11 is 6.95. The van der Waals surface area contributed by atoms with Crippen molar-refractivity contribution in [3.63, 3.8) is 0 Å². The summed E-state index contributed by atoms with van der Waals surface area (Å²) in [6, 6.07) is 23.8. The molecule has 11 heteroatoms. The largest absolute Gasteiger partial charge is 0.493 e. The fourth-order valence-electron chi connectivity index (χ4n) is 8.30. The molecular formula is C46H49ClFN5O4. The predicted octanol–water partition coefficient (Wildman–Crippen LogP) is 9.34. The molecule has 0 bridgehead atoms. The number of ether oxygens (including phenoxy) is 3. The van der Waals surface area contributed by atoms with E-state index < -0.39 is 6.17 Å². The molecule has 0 spiro atoms. The van der Waals surface area contributed by atoms with Gasteiger partial charge >= 0.3 is 0 Å². The summed E-state index contributed by atoms with van der Waals surface area (Å²) in [5, 5.41) is 16.4. The summed E-state index contributed by atoms with van der Waals surface area (Å²) in [6.45, 7) is 15.1. The molecule has 4 aromatic carbocycles. The zero-order valence-corrected chi connectivity index (χ0v) is 33.3. The van der Waals surface area contributed by atoms with Gasteiger partial charge in [0.1, 0.15) is 36.1 Å². The van der Waals surface area contributed by atoms with E-state index in [1.54, 1.807) is 18.2 Å². The van der Waals surface area contributed by atoms with Crippen LogP contribution in [-0.2, 0) is 24.4 Å². The fraction of sp³-hybridized carbons (Fsp3) is 0.413. The van der Waals surface area contributed by atoms with Crippen molar-refractivity contribution in [3.05, 3.63) is 117 Å². The van der Waals surface area contributed by atoms with Crippen molar-refractivity contribution in [2.75, 3.05) is 26.2 Å². The van der Waals surface area contributed by atoms with Gasteiger partial charge in [0.05, 0.1) is 24.3 Å². The van der Waals surface area contributed by atoms with Gasteiger partial charge in [0.25, 0.3) is 0 Å². The number of amides is 1. The van der Waals surface area contributed by atoms with Crippen LogP contribution < -0.4 is 24.8 Å². The van der Waals surface area contributed by atoms with Crippen molar-refractivity contribution in [1.29, 1.82) is 5.26 Å². The second-order valence-corrected chi connectivity index (χ2v) is 15.8. The van der Waals surface area contributed by atoms with E-state index in [2.05, 4.69) is 70.6 Å². The van der Waals surface area contributed by atoms with Gasteiger partial charge in [-0.1, -0.05) is 41.9 Å². The molecule has 7 rings (SSSR count). The van der Waals surface area contributed by atoms with Gasteiger partial charge in [0, 0.05) is 61.9 Å². The first-order valence-corrected chi connectivity index (χ1v) is 20.3. The number of hydrogen-bond donors (Lipinski definition) is 2. The molecule has 296 valence electrons. The van der Waals surface area contributed by atoms with Crippen molar-refractivity contribution in [1.82, 2.24) is 15.5 Å². The summed E-state index contributed by atoms with van der Waals surface area (Å²) in [6.07, 6.45) is 4.03. The number of likely N-dealkylation sites (tertiary alicyclic amines) is 1. The number of nitrogens with zero attached hydrogens (tertiary/aromatic N) is 3. The van der Waals surface area contributed by atoms with E-state index in [-0.39, 0.29) is 30.7 Å². The molecule has 2 N–H and O–H groups in total. The van der Waals surface area contributed by atoms with E-state index in [1.165, 1.54) is 11.1 Å². The molecule has 0 unspecified atom stereocenters. The van der Waals surface area contributed by atoms with Crippen LogP contribution in [0.15, 0.2) is 66.7 Å². The van der Waals surface area contributed by atoms with Crippen molar-refractivity contribution < 1.29 is 23.4 Å². The van der Waals surface area contributed by atoms with Gasteiger partial charge in [-0.25, -0.2) is 9.24 Å². The van der Waals surface area contributed by atoms with Crippen molar-refractivity contribution in [2.45, 2.75) is 96.3 Å². The predicted molar refractivity (Wildman–Crippen MR) is 220 cm³/mol. The molecule has 57 heavy (non-hydrogen) atoms. The molecule has 9 nitrogen and oxygen atoms in total. The number of piperidine rings is 2.